The number of benzene rings is 1. The molecule has 2 heterocycles. The number of carbonyl (C=O) groups is 1. The molecule has 25 heavy (non-hydrogen) atoms. The molecule has 0 atom stereocenters. The van der Waals surface area contributed by atoms with E-state index >= 15 is 0 Å². The van der Waals surface area contributed by atoms with Crippen molar-refractivity contribution in [3.05, 3.63) is 46.9 Å². The molecule has 0 bridgehead atoms. The number of rotatable bonds is 4. The molecule has 1 aliphatic heterocycles. The smallest absolute Gasteiger partial charge is 0.285 e. The van der Waals surface area contributed by atoms with Crippen LogP contribution in [0.5, 0.6) is 5.75 Å². The van der Waals surface area contributed by atoms with Gasteiger partial charge in [-0.3, -0.25) is 10.2 Å². The normalized spacial score (nSPS) is 15.1. The summed E-state index contributed by atoms with van der Waals surface area (Å²) in [6.07, 6.45) is 1.42. The number of hydrogen-bond acceptors (Lipinski definition) is 6. The number of ether oxygens (including phenoxy) is 1. The number of piperidine rings is 1. The van der Waals surface area contributed by atoms with Gasteiger partial charge in [-0.25, -0.2) is 10.2 Å². The SMILES string of the molecule is NNC(=O)c1ccc(N2CCC(Oc3cc(F)ccc3Cl)CC2)nn1. The Morgan fingerprint density at radius 1 is 1.28 bits per heavy atom. The number of nitrogens with one attached hydrogen (secondary N) is 1. The van der Waals surface area contributed by atoms with Gasteiger partial charge in [-0.05, 0) is 24.3 Å². The van der Waals surface area contributed by atoms with Crippen molar-refractivity contribution < 1.29 is 13.9 Å². The minimum atomic E-state index is -0.488. The molecule has 1 fully saturated rings. The molecule has 7 nitrogen and oxygen atoms in total. The highest BCUT2D eigenvalue weighted by Gasteiger charge is 2.23. The van der Waals surface area contributed by atoms with E-state index in [1.807, 2.05) is 10.3 Å². The van der Waals surface area contributed by atoms with E-state index in [2.05, 4.69) is 10.2 Å². The minimum Gasteiger partial charge on any atom is -0.489 e. The Kier molecular flexibility index (Phi) is 5.30. The van der Waals surface area contributed by atoms with Gasteiger partial charge in [0.15, 0.2) is 11.5 Å². The molecule has 2 aromatic rings. The Bertz CT molecular complexity index is 751. The van der Waals surface area contributed by atoms with E-state index in [1.165, 1.54) is 18.2 Å². The molecule has 0 spiro atoms. The zero-order valence-corrected chi connectivity index (χ0v) is 14.0. The van der Waals surface area contributed by atoms with Gasteiger partial charge in [-0.15, -0.1) is 10.2 Å². The number of nitrogen functional groups attached to an aromatic ring is 1. The predicted octanol–water partition coefficient (Wildman–Crippen LogP) is 1.92. The number of hydrogen-bond donors (Lipinski definition) is 2. The van der Waals surface area contributed by atoms with Gasteiger partial charge in [0, 0.05) is 32.0 Å². The highest BCUT2D eigenvalue weighted by atomic mass is 35.5. The third kappa shape index (κ3) is 4.15. The first-order valence-corrected chi connectivity index (χ1v) is 8.16. The summed E-state index contributed by atoms with van der Waals surface area (Å²) in [5, 5.41) is 8.30. The van der Waals surface area contributed by atoms with Crippen molar-refractivity contribution in [1.82, 2.24) is 15.6 Å². The van der Waals surface area contributed by atoms with E-state index in [0.29, 0.717) is 29.7 Å². The van der Waals surface area contributed by atoms with Gasteiger partial charge >= 0.3 is 0 Å². The molecular formula is C16H17ClFN5O2. The molecule has 0 unspecified atom stereocenters. The van der Waals surface area contributed by atoms with Gasteiger partial charge in [0.2, 0.25) is 0 Å². The molecular weight excluding hydrogens is 349 g/mol. The van der Waals surface area contributed by atoms with Gasteiger partial charge in [-0.1, -0.05) is 11.6 Å². The van der Waals surface area contributed by atoms with Crippen LogP contribution in [0.4, 0.5) is 10.2 Å². The second kappa shape index (κ2) is 7.62. The van der Waals surface area contributed by atoms with Crippen LogP contribution in [0.1, 0.15) is 23.3 Å². The van der Waals surface area contributed by atoms with Crippen LogP contribution >= 0.6 is 11.6 Å². The fourth-order valence-electron chi connectivity index (χ4n) is 2.64. The first-order chi connectivity index (χ1) is 12.1. The van der Waals surface area contributed by atoms with Crippen molar-refractivity contribution in [3.8, 4) is 5.75 Å². The highest BCUT2D eigenvalue weighted by molar-refractivity contribution is 6.32. The summed E-state index contributed by atoms with van der Waals surface area (Å²) in [5.74, 6) is 5.23. The third-order valence-corrected chi connectivity index (χ3v) is 4.28. The van der Waals surface area contributed by atoms with Crippen LogP contribution in [0.2, 0.25) is 5.02 Å². The number of nitrogens with zero attached hydrogens (tertiary/aromatic N) is 3. The first-order valence-electron chi connectivity index (χ1n) is 7.78. The average molecular weight is 366 g/mol. The summed E-state index contributed by atoms with van der Waals surface area (Å²) in [6.45, 7) is 1.41. The summed E-state index contributed by atoms with van der Waals surface area (Å²) in [6, 6.07) is 7.37. The largest absolute Gasteiger partial charge is 0.489 e. The van der Waals surface area contributed by atoms with Gasteiger partial charge in [-0.2, -0.15) is 0 Å². The molecule has 3 N–H and O–H groups in total. The second-order valence-corrected chi connectivity index (χ2v) is 6.04. The van der Waals surface area contributed by atoms with E-state index in [0.717, 1.165) is 12.8 Å². The van der Waals surface area contributed by atoms with Crippen molar-refractivity contribution in [1.29, 1.82) is 0 Å². The lowest BCUT2D eigenvalue weighted by Gasteiger charge is -2.32. The molecule has 0 saturated carbocycles. The van der Waals surface area contributed by atoms with E-state index in [9.17, 15) is 9.18 Å². The molecule has 1 amide bonds. The number of carbonyl (C=O) groups excluding carboxylic acids is 1. The molecule has 9 heteroatoms. The monoisotopic (exact) mass is 365 g/mol. The minimum absolute atomic E-state index is 0.0502. The molecule has 1 saturated heterocycles. The summed E-state index contributed by atoms with van der Waals surface area (Å²) in [7, 11) is 0. The maximum atomic E-state index is 13.3. The summed E-state index contributed by atoms with van der Waals surface area (Å²) < 4.78 is 19.1. The Labute approximate surface area is 148 Å². The van der Waals surface area contributed by atoms with E-state index in [-0.39, 0.29) is 17.6 Å². The summed E-state index contributed by atoms with van der Waals surface area (Å²) in [5.41, 5.74) is 2.17. The fourth-order valence-corrected chi connectivity index (χ4v) is 2.80. The maximum absolute atomic E-state index is 13.3. The molecule has 3 rings (SSSR count). The number of nitrogens with two attached hydrogens (primary N) is 1. The zero-order valence-electron chi connectivity index (χ0n) is 13.3. The summed E-state index contributed by atoms with van der Waals surface area (Å²) >= 11 is 6.03. The highest BCUT2D eigenvalue weighted by Crippen LogP contribution is 2.28. The number of aromatic nitrogens is 2. The lowest BCUT2D eigenvalue weighted by molar-refractivity contribution is 0.0947. The molecule has 0 aliphatic carbocycles. The molecule has 1 aliphatic rings. The van der Waals surface area contributed by atoms with Crippen LogP contribution < -0.4 is 20.9 Å². The van der Waals surface area contributed by atoms with Gasteiger partial charge in [0.25, 0.3) is 5.91 Å². The van der Waals surface area contributed by atoms with Gasteiger partial charge < -0.3 is 9.64 Å². The second-order valence-electron chi connectivity index (χ2n) is 5.63. The summed E-state index contributed by atoms with van der Waals surface area (Å²) in [4.78, 5) is 13.4. The first kappa shape index (κ1) is 17.4. The lowest BCUT2D eigenvalue weighted by atomic mass is 10.1. The van der Waals surface area contributed by atoms with Crippen molar-refractivity contribution in [2.24, 2.45) is 5.84 Å². The van der Waals surface area contributed by atoms with Crippen molar-refractivity contribution in [3.63, 3.8) is 0 Å². The van der Waals surface area contributed by atoms with E-state index in [4.69, 9.17) is 22.2 Å². The zero-order chi connectivity index (χ0) is 17.8. The number of amides is 1. The van der Waals surface area contributed by atoms with Crippen LogP contribution in [-0.4, -0.2) is 35.3 Å². The van der Waals surface area contributed by atoms with Crippen molar-refractivity contribution in [2.45, 2.75) is 18.9 Å². The van der Waals surface area contributed by atoms with Crippen LogP contribution in [0.25, 0.3) is 0 Å². The number of halogens is 2. The van der Waals surface area contributed by atoms with Crippen LogP contribution in [0.15, 0.2) is 30.3 Å². The number of hydrazine groups is 1. The molecule has 132 valence electrons. The Hall–Kier alpha value is -2.45. The van der Waals surface area contributed by atoms with Crippen molar-refractivity contribution >= 4 is 23.3 Å². The predicted molar refractivity (Wildman–Crippen MR) is 91.0 cm³/mol. The van der Waals surface area contributed by atoms with E-state index in [1.54, 1.807) is 12.1 Å². The Morgan fingerprint density at radius 2 is 2.04 bits per heavy atom. The molecule has 0 radical (unpaired) electrons. The topological polar surface area (TPSA) is 93.4 Å². The van der Waals surface area contributed by atoms with E-state index < -0.39 is 5.91 Å². The maximum Gasteiger partial charge on any atom is 0.285 e. The standard InChI is InChI=1S/C16H17ClFN5O2/c17-12-2-1-10(18)9-14(12)25-11-5-7-23(8-6-11)15-4-3-13(21-22-15)16(24)20-19/h1-4,9,11H,5-8,19H2,(H,20,24). The molecule has 1 aromatic carbocycles. The van der Waals surface area contributed by atoms with Gasteiger partial charge in [0.1, 0.15) is 17.7 Å². The van der Waals surface area contributed by atoms with Gasteiger partial charge in [0.05, 0.1) is 5.02 Å². The van der Waals surface area contributed by atoms with Crippen LogP contribution in [-0.2, 0) is 0 Å². The Morgan fingerprint density at radius 3 is 2.68 bits per heavy atom. The number of anilines is 1. The quantitative estimate of drug-likeness (QED) is 0.488. The van der Waals surface area contributed by atoms with Crippen molar-refractivity contribution in [2.75, 3.05) is 18.0 Å². The fraction of sp³-hybridized carbons (Fsp3) is 0.312. The third-order valence-electron chi connectivity index (χ3n) is 3.97. The lowest BCUT2D eigenvalue weighted by Crippen LogP contribution is -2.39. The Balaban J connectivity index is 1.58. The van der Waals surface area contributed by atoms with Crippen LogP contribution in [0, 0.1) is 5.82 Å². The molecule has 1 aromatic heterocycles. The average Bonchev–Trinajstić information content (AvgIpc) is 2.65. The van der Waals surface area contributed by atoms with Crippen LogP contribution in [0.3, 0.4) is 0 Å².